The van der Waals surface area contributed by atoms with E-state index in [0.29, 0.717) is 40.1 Å². The number of nitriles is 1. The van der Waals surface area contributed by atoms with Crippen LogP contribution < -0.4 is 20.1 Å². The van der Waals surface area contributed by atoms with Gasteiger partial charge in [-0.25, -0.2) is 0 Å². The fourth-order valence-electron chi connectivity index (χ4n) is 3.23. The Labute approximate surface area is 215 Å². The Balaban J connectivity index is 1.71. The summed E-state index contributed by atoms with van der Waals surface area (Å²) in [5.41, 5.74) is 3.75. The van der Waals surface area contributed by atoms with Crippen LogP contribution >= 0.6 is 11.6 Å². The van der Waals surface area contributed by atoms with Crippen LogP contribution in [0.1, 0.15) is 23.6 Å². The lowest BCUT2D eigenvalue weighted by atomic mass is 10.1. The third-order valence-electron chi connectivity index (χ3n) is 5.22. The summed E-state index contributed by atoms with van der Waals surface area (Å²) >= 11 is 6.08. The number of ether oxygens (including phenoxy) is 2. The van der Waals surface area contributed by atoms with E-state index in [2.05, 4.69) is 10.6 Å². The van der Waals surface area contributed by atoms with Crippen molar-refractivity contribution in [1.82, 2.24) is 0 Å². The first-order valence-electron chi connectivity index (χ1n) is 11.2. The Bertz CT molecular complexity index is 1340. The van der Waals surface area contributed by atoms with E-state index in [1.807, 2.05) is 45.0 Å². The van der Waals surface area contributed by atoms with Gasteiger partial charge in [-0.3, -0.25) is 9.59 Å². The maximum absolute atomic E-state index is 12.6. The molecule has 3 aromatic rings. The van der Waals surface area contributed by atoms with Crippen molar-refractivity contribution >= 4 is 40.9 Å². The van der Waals surface area contributed by atoms with Gasteiger partial charge in [-0.1, -0.05) is 35.9 Å². The summed E-state index contributed by atoms with van der Waals surface area (Å²) in [5.74, 6) is -0.156. The van der Waals surface area contributed by atoms with Gasteiger partial charge in [0.2, 0.25) is 0 Å². The van der Waals surface area contributed by atoms with Gasteiger partial charge in [0, 0.05) is 5.69 Å². The van der Waals surface area contributed by atoms with Gasteiger partial charge >= 0.3 is 0 Å². The molecule has 36 heavy (non-hydrogen) atoms. The molecule has 0 aliphatic rings. The molecule has 0 bridgehead atoms. The highest BCUT2D eigenvalue weighted by Crippen LogP contribution is 2.30. The summed E-state index contributed by atoms with van der Waals surface area (Å²) in [4.78, 5) is 25.0. The summed E-state index contributed by atoms with van der Waals surface area (Å²) < 4.78 is 11.3. The first-order valence-corrected chi connectivity index (χ1v) is 11.6. The van der Waals surface area contributed by atoms with Crippen molar-refractivity contribution < 1.29 is 19.1 Å². The molecule has 8 heteroatoms. The smallest absolute Gasteiger partial charge is 0.266 e. The SMILES string of the molecule is CCOc1cc(/C=C(\C#N)C(=O)Nc2ccccc2Cl)ccc1OCC(=O)Nc1ccc(C)c(C)c1. The van der Waals surface area contributed by atoms with E-state index in [1.54, 1.807) is 42.5 Å². The van der Waals surface area contributed by atoms with Gasteiger partial charge in [-0.15, -0.1) is 0 Å². The summed E-state index contributed by atoms with van der Waals surface area (Å²) in [6.45, 7) is 5.94. The Morgan fingerprint density at radius 1 is 0.972 bits per heavy atom. The normalized spacial score (nSPS) is 10.8. The lowest BCUT2D eigenvalue weighted by molar-refractivity contribution is -0.118. The van der Waals surface area contributed by atoms with Crippen molar-refractivity contribution in [2.45, 2.75) is 20.8 Å². The predicted molar refractivity (Wildman–Crippen MR) is 141 cm³/mol. The van der Waals surface area contributed by atoms with Gasteiger partial charge in [0.25, 0.3) is 11.8 Å². The number of aryl methyl sites for hydroxylation is 2. The minimum Gasteiger partial charge on any atom is -0.490 e. The molecule has 0 saturated heterocycles. The highest BCUT2D eigenvalue weighted by Gasteiger charge is 2.13. The number of benzene rings is 3. The predicted octanol–water partition coefficient (Wildman–Crippen LogP) is 5.92. The van der Waals surface area contributed by atoms with Gasteiger partial charge in [-0.05, 0) is 79.9 Å². The molecule has 0 atom stereocenters. The molecule has 0 radical (unpaired) electrons. The largest absolute Gasteiger partial charge is 0.490 e. The fourth-order valence-corrected chi connectivity index (χ4v) is 3.41. The van der Waals surface area contributed by atoms with Crippen molar-refractivity contribution in [3.63, 3.8) is 0 Å². The van der Waals surface area contributed by atoms with Crippen molar-refractivity contribution in [2.75, 3.05) is 23.8 Å². The zero-order valence-corrected chi connectivity index (χ0v) is 21.0. The number of halogens is 1. The number of rotatable bonds is 9. The zero-order chi connectivity index (χ0) is 26.1. The number of carbonyl (C=O) groups is 2. The van der Waals surface area contributed by atoms with E-state index in [4.69, 9.17) is 21.1 Å². The fraction of sp³-hybridized carbons (Fsp3) is 0.179. The second kappa shape index (κ2) is 12.4. The lowest BCUT2D eigenvalue weighted by Crippen LogP contribution is -2.20. The molecular weight excluding hydrogens is 478 g/mol. The van der Waals surface area contributed by atoms with Gasteiger partial charge in [0.1, 0.15) is 11.6 Å². The van der Waals surface area contributed by atoms with E-state index in [9.17, 15) is 14.9 Å². The highest BCUT2D eigenvalue weighted by molar-refractivity contribution is 6.34. The van der Waals surface area contributed by atoms with Gasteiger partial charge < -0.3 is 20.1 Å². The molecule has 0 heterocycles. The van der Waals surface area contributed by atoms with Gasteiger partial charge in [-0.2, -0.15) is 5.26 Å². The summed E-state index contributed by atoms with van der Waals surface area (Å²) in [7, 11) is 0. The van der Waals surface area contributed by atoms with Crippen LogP contribution in [0.5, 0.6) is 11.5 Å². The molecule has 0 spiro atoms. The standard InChI is InChI=1S/C28H26ClN3O4/c1-4-35-26-15-20(14-21(16-30)28(34)32-24-8-6-5-7-23(24)29)10-12-25(26)36-17-27(33)31-22-11-9-18(2)19(3)13-22/h5-15H,4,17H2,1-3H3,(H,31,33)(H,32,34)/b21-14+. The van der Waals surface area contributed by atoms with Crippen molar-refractivity contribution in [1.29, 1.82) is 5.26 Å². The Morgan fingerprint density at radius 2 is 1.75 bits per heavy atom. The van der Waals surface area contributed by atoms with Crippen molar-refractivity contribution in [3.8, 4) is 17.6 Å². The Morgan fingerprint density at radius 3 is 2.44 bits per heavy atom. The molecule has 0 aromatic heterocycles. The average Bonchev–Trinajstić information content (AvgIpc) is 2.85. The quantitative estimate of drug-likeness (QED) is 0.279. The molecule has 3 aromatic carbocycles. The van der Waals surface area contributed by atoms with Crippen LogP contribution in [-0.4, -0.2) is 25.0 Å². The molecule has 0 fully saturated rings. The Hall–Kier alpha value is -4.28. The third-order valence-corrected chi connectivity index (χ3v) is 5.54. The van der Waals surface area contributed by atoms with Crippen LogP contribution in [0.2, 0.25) is 5.02 Å². The number of nitrogens with one attached hydrogen (secondary N) is 2. The molecule has 0 unspecified atom stereocenters. The average molecular weight is 504 g/mol. The first-order chi connectivity index (χ1) is 17.3. The summed E-state index contributed by atoms with van der Waals surface area (Å²) in [6.07, 6.45) is 1.44. The van der Waals surface area contributed by atoms with E-state index < -0.39 is 5.91 Å². The molecule has 184 valence electrons. The second-order valence-corrected chi connectivity index (χ2v) is 8.29. The lowest BCUT2D eigenvalue weighted by Gasteiger charge is -2.13. The van der Waals surface area contributed by atoms with Crippen LogP contribution in [0.3, 0.4) is 0 Å². The van der Waals surface area contributed by atoms with Gasteiger partial charge in [0.15, 0.2) is 18.1 Å². The topological polar surface area (TPSA) is 100 Å². The van der Waals surface area contributed by atoms with Crippen molar-refractivity contribution in [3.05, 3.63) is 87.9 Å². The van der Waals surface area contributed by atoms with Crippen LogP contribution in [-0.2, 0) is 9.59 Å². The first kappa shape index (κ1) is 26.3. The maximum Gasteiger partial charge on any atom is 0.266 e. The van der Waals surface area contributed by atoms with Crippen LogP contribution in [0.4, 0.5) is 11.4 Å². The summed E-state index contributed by atoms with van der Waals surface area (Å²) in [6, 6.07) is 19.3. The number of nitrogens with zero attached hydrogens (tertiary/aromatic N) is 1. The van der Waals surface area contributed by atoms with Crippen LogP contribution in [0.25, 0.3) is 6.08 Å². The molecule has 0 aliphatic carbocycles. The number of para-hydroxylation sites is 1. The van der Waals surface area contributed by atoms with E-state index >= 15 is 0 Å². The molecule has 3 rings (SSSR count). The number of hydrogen-bond donors (Lipinski definition) is 2. The van der Waals surface area contributed by atoms with Crippen molar-refractivity contribution in [2.24, 2.45) is 0 Å². The molecule has 2 amide bonds. The number of anilines is 2. The molecule has 7 nitrogen and oxygen atoms in total. The van der Waals surface area contributed by atoms with E-state index in [-0.39, 0.29) is 18.1 Å². The number of amides is 2. The minimum absolute atomic E-state index is 0.112. The van der Waals surface area contributed by atoms with Crippen LogP contribution in [0, 0.1) is 25.2 Å². The van der Waals surface area contributed by atoms with Crippen LogP contribution in [0.15, 0.2) is 66.2 Å². The van der Waals surface area contributed by atoms with E-state index in [1.165, 1.54) is 6.08 Å². The second-order valence-electron chi connectivity index (χ2n) is 7.88. The third kappa shape index (κ3) is 7.11. The molecule has 0 saturated carbocycles. The highest BCUT2D eigenvalue weighted by atomic mass is 35.5. The van der Waals surface area contributed by atoms with Gasteiger partial charge in [0.05, 0.1) is 17.3 Å². The summed E-state index contributed by atoms with van der Waals surface area (Å²) in [5, 5.41) is 15.3. The minimum atomic E-state index is -0.591. The number of carbonyl (C=O) groups excluding carboxylic acids is 2. The monoisotopic (exact) mass is 503 g/mol. The molecule has 0 aliphatic heterocycles. The van der Waals surface area contributed by atoms with E-state index in [0.717, 1.165) is 11.1 Å². The maximum atomic E-state index is 12.6. The zero-order valence-electron chi connectivity index (χ0n) is 20.2. The Kier molecular flexibility index (Phi) is 9.09. The number of hydrogen-bond acceptors (Lipinski definition) is 5. The molecular formula is C28H26ClN3O4. The molecule has 2 N–H and O–H groups in total.